The minimum Gasteiger partial charge on any atom is -0.490 e. The molecule has 0 radical (unpaired) electrons. The van der Waals surface area contributed by atoms with Crippen LogP contribution >= 0.6 is 0 Å². The number of nitrogens with two attached hydrogens (primary N) is 2. The maximum Gasteiger partial charge on any atom is 0.132 e. The highest BCUT2D eigenvalue weighted by Gasteiger charge is 2.09. The summed E-state index contributed by atoms with van der Waals surface area (Å²) in [4.78, 5) is 0. The van der Waals surface area contributed by atoms with Crippen LogP contribution < -0.4 is 20.9 Å². The Morgan fingerprint density at radius 3 is 1.85 bits per heavy atom. The minimum absolute atomic E-state index is 0.00354. The van der Waals surface area contributed by atoms with Crippen molar-refractivity contribution in [2.45, 2.75) is 19.4 Å². The Hall–Kier alpha value is -2.36. The van der Waals surface area contributed by atoms with Gasteiger partial charge in [-0.15, -0.1) is 0 Å². The Labute approximate surface area is 119 Å². The number of benzene rings is 2. The van der Waals surface area contributed by atoms with Gasteiger partial charge >= 0.3 is 0 Å². The van der Waals surface area contributed by atoms with Crippen molar-refractivity contribution in [1.29, 1.82) is 0 Å². The fourth-order valence-corrected chi connectivity index (χ4v) is 1.73. The van der Waals surface area contributed by atoms with Crippen LogP contribution in [0.1, 0.15) is 13.3 Å². The van der Waals surface area contributed by atoms with Crippen LogP contribution in [0.3, 0.4) is 0 Å². The van der Waals surface area contributed by atoms with Crippen LogP contribution in [0.15, 0.2) is 48.5 Å². The fraction of sp³-hybridized carbons (Fsp3) is 0.250. The highest BCUT2D eigenvalue weighted by Crippen LogP contribution is 2.18. The van der Waals surface area contributed by atoms with Crippen LogP contribution in [0.2, 0.25) is 0 Å². The first-order valence-corrected chi connectivity index (χ1v) is 6.68. The van der Waals surface area contributed by atoms with Gasteiger partial charge in [0.2, 0.25) is 0 Å². The second-order valence-electron chi connectivity index (χ2n) is 4.60. The lowest BCUT2D eigenvalue weighted by Gasteiger charge is -2.18. The molecule has 1 unspecified atom stereocenters. The van der Waals surface area contributed by atoms with Crippen molar-refractivity contribution in [1.82, 2.24) is 0 Å². The molecule has 0 heterocycles. The van der Waals surface area contributed by atoms with Gasteiger partial charge in [0.1, 0.15) is 24.2 Å². The van der Waals surface area contributed by atoms with E-state index in [0.717, 1.165) is 29.3 Å². The maximum absolute atomic E-state index is 5.86. The second-order valence-corrected chi connectivity index (χ2v) is 4.60. The van der Waals surface area contributed by atoms with Crippen LogP contribution in [-0.4, -0.2) is 12.7 Å². The highest BCUT2D eigenvalue weighted by molar-refractivity contribution is 5.42. The zero-order chi connectivity index (χ0) is 14.4. The van der Waals surface area contributed by atoms with Crippen molar-refractivity contribution in [3.63, 3.8) is 0 Å². The van der Waals surface area contributed by atoms with Gasteiger partial charge in [-0.1, -0.05) is 6.92 Å². The van der Waals surface area contributed by atoms with Crippen molar-refractivity contribution in [2.75, 3.05) is 18.1 Å². The lowest BCUT2D eigenvalue weighted by atomic mass is 10.2. The summed E-state index contributed by atoms with van der Waals surface area (Å²) in [5, 5.41) is 0. The van der Waals surface area contributed by atoms with Gasteiger partial charge in [-0.2, -0.15) is 0 Å². The van der Waals surface area contributed by atoms with Crippen molar-refractivity contribution >= 4 is 11.4 Å². The predicted molar refractivity (Wildman–Crippen MR) is 81.9 cm³/mol. The summed E-state index contributed by atoms with van der Waals surface area (Å²) in [6, 6.07) is 14.7. The molecule has 106 valence electrons. The first-order chi connectivity index (χ1) is 9.67. The molecule has 0 amide bonds. The van der Waals surface area contributed by atoms with Crippen molar-refractivity contribution in [3.05, 3.63) is 48.5 Å². The normalized spacial score (nSPS) is 11.8. The summed E-state index contributed by atoms with van der Waals surface area (Å²) in [5.41, 5.74) is 12.7. The van der Waals surface area contributed by atoms with E-state index in [1.165, 1.54) is 0 Å². The quantitative estimate of drug-likeness (QED) is 0.793. The number of anilines is 2. The summed E-state index contributed by atoms with van der Waals surface area (Å²) < 4.78 is 11.6. The Morgan fingerprint density at radius 1 is 0.850 bits per heavy atom. The molecule has 0 aliphatic rings. The van der Waals surface area contributed by atoms with Gasteiger partial charge in [-0.3, -0.25) is 0 Å². The molecule has 0 aliphatic carbocycles. The molecule has 0 saturated heterocycles. The standard InChI is InChI=1S/C16H20N2O2/c1-2-14(20-16-9-5-13(18)6-10-16)11-19-15-7-3-12(17)4-8-15/h3-10,14H,2,11,17-18H2,1H3. The van der Waals surface area contributed by atoms with Crippen LogP contribution in [0.25, 0.3) is 0 Å². The minimum atomic E-state index is -0.00354. The van der Waals surface area contributed by atoms with Gasteiger partial charge in [-0.25, -0.2) is 0 Å². The van der Waals surface area contributed by atoms with Gasteiger partial charge in [0.05, 0.1) is 0 Å². The molecular weight excluding hydrogens is 252 g/mol. The molecule has 2 rings (SSSR count). The Bertz CT molecular complexity index is 523. The molecule has 1 atom stereocenters. The van der Waals surface area contributed by atoms with E-state index in [-0.39, 0.29) is 6.10 Å². The molecular formula is C16H20N2O2. The van der Waals surface area contributed by atoms with Gasteiger partial charge in [0.25, 0.3) is 0 Å². The lowest BCUT2D eigenvalue weighted by Crippen LogP contribution is -2.24. The van der Waals surface area contributed by atoms with Crippen LogP contribution in [-0.2, 0) is 0 Å². The van der Waals surface area contributed by atoms with E-state index in [1.54, 1.807) is 0 Å². The van der Waals surface area contributed by atoms with E-state index in [2.05, 4.69) is 6.92 Å². The highest BCUT2D eigenvalue weighted by atomic mass is 16.5. The molecule has 2 aromatic carbocycles. The number of hydrogen-bond acceptors (Lipinski definition) is 4. The third kappa shape index (κ3) is 4.09. The predicted octanol–water partition coefficient (Wildman–Crippen LogP) is 3.09. The smallest absolute Gasteiger partial charge is 0.132 e. The van der Waals surface area contributed by atoms with Crippen molar-refractivity contribution in [3.8, 4) is 11.5 Å². The third-order valence-electron chi connectivity index (χ3n) is 2.95. The monoisotopic (exact) mass is 272 g/mol. The number of ether oxygens (including phenoxy) is 2. The molecule has 2 aromatic rings. The van der Waals surface area contributed by atoms with Gasteiger partial charge < -0.3 is 20.9 Å². The van der Waals surface area contributed by atoms with E-state index in [4.69, 9.17) is 20.9 Å². The van der Waals surface area contributed by atoms with E-state index in [1.807, 2.05) is 48.5 Å². The number of nitrogen functional groups attached to an aromatic ring is 2. The van der Waals surface area contributed by atoms with E-state index >= 15 is 0 Å². The molecule has 0 fully saturated rings. The van der Waals surface area contributed by atoms with E-state index in [9.17, 15) is 0 Å². The second kappa shape index (κ2) is 6.70. The zero-order valence-electron chi connectivity index (χ0n) is 11.6. The Balaban J connectivity index is 1.88. The molecule has 4 nitrogen and oxygen atoms in total. The summed E-state index contributed by atoms with van der Waals surface area (Å²) in [5.74, 6) is 1.59. The molecule has 4 heteroatoms. The third-order valence-corrected chi connectivity index (χ3v) is 2.95. The van der Waals surface area contributed by atoms with Crippen LogP contribution in [0.4, 0.5) is 11.4 Å². The number of hydrogen-bond donors (Lipinski definition) is 2. The van der Waals surface area contributed by atoms with Crippen molar-refractivity contribution in [2.24, 2.45) is 0 Å². The first kappa shape index (κ1) is 14.1. The lowest BCUT2D eigenvalue weighted by molar-refractivity contribution is 0.125. The average Bonchev–Trinajstić information content (AvgIpc) is 2.47. The van der Waals surface area contributed by atoms with E-state index in [0.29, 0.717) is 6.61 Å². The van der Waals surface area contributed by atoms with Gasteiger partial charge in [-0.05, 0) is 55.0 Å². The Kier molecular flexibility index (Phi) is 4.71. The zero-order valence-corrected chi connectivity index (χ0v) is 11.6. The summed E-state index contributed by atoms with van der Waals surface area (Å²) in [6.45, 7) is 2.55. The topological polar surface area (TPSA) is 70.5 Å². The SMILES string of the molecule is CCC(COc1ccc(N)cc1)Oc1ccc(N)cc1. The van der Waals surface area contributed by atoms with Crippen LogP contribution in [0, 0.1) is 0 Å². The molecule has 20 heavy (non-hydrogen) atoms. The summed E-state index contributed by atoms with van der Waals surface area (Å²) >= 11 is 0. The van der Waals surface area contributed by atoms with E-state index < -0.39 is 0 Å². The van der Waals surface area contributed by atoms with Crippen molar-refractivity contribution < 1.29 is 9.47 Å². The van der Waals surface area contributed by atoms with Crippen LogP contribution in [0.5, 0.6) is 11.5 Å². The molecule has 0 aliphatic heterocycles. The molecule has 4 N–H and O–H groups in total. The molecule has 0 aromatic heterocycles. The summed E-state index contributed by atoms with van der Waals surface area (Å²) in [6.07, 6.45) is 0.857. The average molecular weight is 272 g/mol. The molecule has 0 saturated carbocycles. The first-order valence-electron chi connectivity index (χ1n) is 6.68. The summed E-state index contributed by atoms with van der Waals surface area (Å²) in [7, 11) is 0. The fourth-order valence-electron chi connectivity index (χ4n) is 1.73. The van der Waals surface area contributed by atoms with Gasteiger partial charge in [0, 0.05) is 11.4 Å². The Morgan fingerprint density at radius 2 is 1.35 bits per heavy atom. The molecule has 0 spiro atoms. The number of rotatable bonds is 6. The largest absolute Gasteiger partial charge is 0.490 e. The maximum atomic E-state index is 5.86. The van der Waals surface area contributed by atoms with Gasteiger partial charge in [0.15, 0.2) is 0 Å². The molecule has 0 bridgehead atoms.